The Morgan fingerprint density at radius 3 is 1.50 bits per heavy atom. The van der Waals surface area contributed by atoms with Crippen molar-refractivity contribution < 1.29 is 0 Å². The van der Waals surface area contributed by atoms with E-state index in [0.29, 0.717) is 0 Å². The van der Waals surface area contributed by atoms with E-state index >= 15 is 0 Å². The Morgan fingerprint density at radius 1 is 0.500 bits per heavy atom. The minimum Gasteiger partial charge on any atom is -0.0879 e. The first kappa shape index (κ1) is 9.05. The van der Waals surface area contributed by atoms with Crippen LogP contribution in [0.3, 0.4) is 0 Å². The second-order valence-electron chi connectivity index (χ2n) is 2.85. The van der Waals surface area contributed by atoms with Gasteiger partial charge in [0.15, 0.2) is 0 Å². The van der Waals surface area contributed by atoms with Crippen molar-refractivity contribution in [1.82, 2.24) is 0 Å². The highest BCUT2D eigenvalue weighted by Crippen LogP contribution is 1.98. The predicted molar refractivity (Wildman–Crippen MR) is 55.0 cm³/mol. The molecule has 0 radical (unpaired) electrons. The lowest BCUT2D eigenvalue weighted by Crippen LogP contribution is -1.67. The second-order valence-corrected chi connectivity index (χ2v) is 2.85. The molecule has 0 N–H and O–H groups in total. The van der Waals surface area contributed by atoms with Crippen LogP contribution in [0.4, 0.5) is 0 Å². The van der Waals surface area contributed by atoms with Crippen LogP contribution in [-0.4, -0.2) is 0 Å². The molecule has 0 aliphatic heterocycles. The van der Waals surface area contributed by atoms with E-state index in [1.54, 1.807) is 0 Å². The minimum absolute atomic E-state index is 1.06. The molecule has 0 nitrogen and oxygen atoms in total. The summed E-state index contributed by atoms with van der Waals surface area (Å²) in [6.07, 6.45) is 22.0. The fraction of sp³-hybridized carbons (Fsp3) is 0.333. The maximum absolute atomic E-state index is 2.25. The fourth-order valence-electron chi connectivity index (χ4n) is 1.09. The van der Waals surface area contributed by atoms with Crippen molar-refractivity contribution >= 4 is 0 Å². The molecule has 0 heteroatoms. The van der Waals surface area contributed by atoms with E-state index in [1.807, 2.05) is 0 Å². The zero-order chi connectivity index (χ0) is 8.49. The number of allylic oxidation sites excluding steroid dienone is 8. The highest BCUT2D eigenvalue weighted by molar-refractivity contribution is 5.07. The number of rotatable bonds is 0. The van der Waals surface area contributed by atoms with Gasteiger partial charge >= 0.3 is 0 Å². The van der Waals surface area contributed by atoms with Crippen LogP contribution in [0.1, 0.15) is 25.7 Å². The van der Waals surface area contributed by atoms with Gasteiger partial charge in [0.25, 0.3) is 0 Å². The van der Waals surface area contributed by atoms with Gasteiger partial charge in [0.1, 0.15) is 0 Å². The quantitative estimate of drug-likeness (QED) is 0.473. The zero-order valence-corrected chi connectivity index (χ0v) is 7.45. The van der Waals surface area contributed by atoms with Crippen molar-refractivity contribution in [1.29, 1.82) is 0 Å². The molecule has 12 heavy (non-hydrogen) atoms. The van der Waals surface area contributed by atoms with E-state index in [0.717, 1.165) is 12.8 Å². The first-order valence-corrected chi connectivity index (χ1v) is 4.62. The van der Waals surface area contributed by atoms with Crippen molar-refractivity contribution in [2.75, 3.05) is 0 Å². The van der Waals surface area contributed by atoms with Crippen LogP contribution in [-0.2, 0) is 0 Å². The third-order valence-corrected chi connectivity index (χ3v) is 1.76. The third-order valence-electron chi connectivity index (χ3n) is 1.76. The first-order chi connectivity index (χ1) is 6.00. The van der Waals surface area contributed by atoms with Crippen molar-refractivity contribution in [3.8, 4) is 0 Å². The van der Waals surface area contributed by atoms with E-state index in [1.165, 1.54) is 12.8 Å². The molecule has 0 unspecified atom stereocenters. The molecule has 0 spiro atoms. The maximum atomic E-state index is 2.25. The second kappa shape index (κ2) is 6.66. The molecule has 0 saturated heterocycles. The van der Waals surface area contributed by atoms with E-state index < -0.39 is 0 Å². The molecule has 0 saturated carbocycles. The molecule has 0 atom stereocenters. The molecule has 0 aromatic carbocycles. The summed E-state index contributed by atoms with van der Waals surface area (Å²) >= 11 is 0. The van der Waals surface area contributed by atoms with E-state index in [-0.39, 0.29) is 0 Å². The number of hydrogen-bond donors (Lipinski definition) is 0. The molecule has 0 bridgehead atoms. The molecule has 0 aromatic heterocycles. The molecule has 0 amide bonds. The van der Waals surface area contributed by atoms with E-state index in [4.69, 9.17) is 0 Å². The minimum atomic E-state index is 1.06. The van der Waals surface area contributed by atoms with Gasteiger partial charge in [-0.25, -0.2) is 0 Å². The van der Waals surface area contributed by atoms with Crippen molar-refractivity contribution in [3.05, 3.63) is 48.6 Å². The van der Waals surface area contributed by atoms with Crippen molar-refractivity contribution in [2.45, 2.75) is 25.7 Å². The lowest BCUT2D eigenvalue weighted by atomic mass is 10.2. The summed E-state index contributed by atoms with van der Waals surface area (Å²) in [4.78, 5) is 0. The summed E-state index contributed by atoms with van der Waals surface area (Å²) < 4.78 is 0. The molecule has 1 aliphatic rings. The van der Waals surface area contributed by atoms with Crippen LogP contribution in [0.25, 0.3) is 0 Å². The SMILES string of the molecule is C1=CCC/C=C/C/C=C/C=C\C1. The van der Waals surface area contributed by atoms with Gasteiger partial charge in [-0.2, -0.15) is 0 Å². The van der Waals surface area contributed by atoms with Gasteiger partial charge in [0.2, 0.25) is 0 Å². The number of hydrogen-bond acceptors (Lipinski definition) is 0. The van der Waals surface area contributed by atoms with Gasteiger partial charge in [-0.1, -0.05) is 48.6 Å². The average Bonchev–Trinajstić information content (AvgIpc) is 2.05. The van der Waals surface area contributed by atoms with Gasteiger partial charge in [-0.15, -0.1) is 0 Å². The molecule has 1 aliphatic carbocycles. The fourth-order valence-corrected chi connectivity index (χ4v) is 1.09. The van der Waals surface area contributed by atoms with Gasteiger partial charge in [-0.3, -0.25) is 0 Å². The van der Waals surface area contributed by atoms with Crippen molar-refractivity contribution in [2.24, 2.45) is 0 Å². The van der Waals surface area contributed by atoms with Crippen LogP contribution in [0.2, 0.25) is 0 Å². The lowest BCUT2D eigenvalue weighted by Gasteiger charge is -1.88. The lowest BCUT2D eigenvalue weighted by molar-refractivity contribution is 1.04. The summed E-state index contributed by atoms with van der Waals surface area (Å²) in [7, 11) is 0. The average molecular weight is 160 g/mol. The smallest absolute Gasteiger partial charge is 0.0166 e. The Labute approximate surface area is 75.0 Å². The Balaban J connectivity index is 2.41. The van der Waals surface area contributed by atoms with Gasteiger partial charge in [-0.05, 0) is 25.7 Å². The van der Waals surface area contributed by atoms with Gasteiger partial charge in [0.05, 0.1) is 0 Å². The highest BCUT2D eigenvalue weighted by atomic mass is 13.8. The highest BCUT2D eigenvalue weighted by Gasteiger charge is 1.77. The predicted octanol–water partition coefficient (Wildman–Crippen LogP) is 3.79. The molecule has 0 heterocycles. The van der Waals surface area contributed by atoms with Crippen LogP contribution in [0.5, 0.6) is 0 Å². The molecule has 0 aromatic rings. The normalized spacial score (nSPS) is 26.7. The van der Waals surface area contributed by atoms with Crippen LogP contribution < -0.4 is 0 Å². The topological polar surface area (TPSA) is 0 Å². The zero-order valence-electron chi connectivity index (χ0n) is 7.45. The van der Waals surface area contributed by atoms with Crippen LogP contribution >= 0.6 is 0 Å². The molecule has 0 fully saturated rings. The molecule has 1 rings (SSSR count). The van der Waals surface area contributed by atoms with Gasteiger partial charge in [0, 0.05) is 0 Å². The summed E-state index contributed by atoms with van der Waals surface area (Å²) in [6, 6.07) is 0. The van der Waals surface area contributed by atoms with Crippen molar-refractivity contribution in [3.63, 3.8) is 0 Å². The Hall–Kier alpha value is -1.04. The summed E-state index contributed by atoms with van der Waals surface area (Å²) in [5.74, 6) is 0. The van der Waals surface area contributed by atoms with Crippen LogP contribution in [0.15, 0.2) is 48.6 Å². The first-order valence-electron chi connectivity index (χ1n) is 4.62. The Morgan fingerprint density at radius 2 is 1.00 bits per heavy atom. The standard InChI is InChI=1S/C12H16/c1-2-4-6-8-10-12-11-9-7-5-3-1/h1-4,7-10H,5-6,11-12H2/b3-1-,4-2+,9-7?,10-8+. The Kier molecular flexibility index (Phi) is 5.02. The molecular weight excluding hydrogens is 144 g/mol. The monoisotopic (exact) mass is 160 g/mol. The van der Waals surface area contributed by atoms with E-state index in [2.05, 4.69) is 48.6 Å². The largest absolute Gasteiger partial charge is 0.0879 e. The maximum Gasteiger partial charge on any atom is -0.0166 e. The van der Waals surface area contributed by atoms with E-state index in [9.17, 15) is 0 Å². The van der Waals surface area contributed by atoms with Crippen LogP contribution in [0, 0.1) is 0 Å². The third kappa shape index (κ3) is 4.73. The summed E-state index contributed by atoms with van der Waals surface area (Å²) in [5, 5.41) is 0. The summed E-state index contributed by atoms with van der Waals surface area (Å²) in [6.45, 7) is 0. The summed E-state index contributed by atoms with van der Waals surface area (Å²) in [5.41, 5.74) is 0. The Bertz CT molecular complexity index is 180. The molecule has 64 valence electrons. The van der Waals surface area contributed by atoms with Gasteiger partial charge < -0.3 is 0 Å². The molecular formula is C12H16.